The van der Waals surface area contributed by atoms with E-state index >= 15 is 0 Å². The summed E-state index contributed by atoms with van der Waals surface area (Å²) in [7, 11) is 1.39. The molecule has 0 fully saturated rings. The van der Waals surface area contributed by atoms with E-state index in [1.807, 2.05) is 30.3 Å². The van der Waals surface area contributed by atoms with E-state index in [9.17, 15) is 14.9 Å². The van der Waals surface area contributed by atoms with Crippen LogP contribution in [-0.4, -0.2) is 23.0 Å². The molecule has 0 unspecified atom stereocenters. The van der Waals surface area contributed by atoms with Crippen LogP contribution >= 0.6 is 0 Å². The summed E-state index contributed by atoms with van der Waals surface area (Å²) in [6.45, 7) is 0. The highest BCUT2D eigenvalue weighted by molar-refractivity contribution is 5.74. The Morgan fingerprint density at radius 1 is 1.22 bits per heavy atom. The Kier molecular flexibility index (Phi) is 5.46. The third-order valence-electron chi connectivity index (χ3n) is 3.74. The third kappa shape index (κ3) is 4.49. The first-order valence-corrected chi connectivity index (χ1v) is 8.10. The number of oxazole rings is 1. The summed E-state index contributed by atoms with van der Waals surface area (Å²) in [6, 6.07) is 13.5. The predicted octanol–water partition coefficient (Wildman–Crippen LogP) is 3.80. The minimum atomic E-state index is -0.634. The molecule has 0 aliphatic carbocycles. The second-order valence-electron chi connectivity index (χ2n) is 5.55. The first kappa shape index (κ1) is 18.1. The molecule has 8 heteroatoms. The van der Waals surface area contributed by atoms with Gasteiger partial charge in [0.05, 0.1) is 30.7 Å². The number of nitrogens with zero attached hydrogens (tertiary/aromatic N) is 2. The number of rotatable bonds is 7. The Morgan fingerprint density at radius 3 is 2.70 bits per heavy atom. The summed E-state index contributed by atoms with van der Waals surface area (Å²) in [5.74, 6) is 0.528. The van der Waals surface area contributed by atoms with Gasteiger partial charge in [0.1, 0.15) is 5.75 Å². The van der Waals surface area contributed by atoms with E-state index in [2.05, 4.69) is 4.98 Å². The van der Waals surface area contributed by atoms with Gasteiger partial charge in [0, 0.05) is 12.0 Å². The second-order valence-corrected chi connectivity index (χ2v) is 5.55. The molecule has 0 aliphatic rings. The maximum atomic E-state index is 12.0. The van der Waals surface area contributed by atoms with E-state index in [-0.39, 0.29) is 24.3 Å². The lowest BCUT2D eigenvalue weighted by atomic mass is 10.2. The number of ether oxygens (including phenoxy) is 2. The van der Waals surface area contributed by atoms with E-state index in [0.717, 1.165) is 5.56 Å². The van der Waals surface area contributed by atoms with Gasteiger partial charge in [0.2, 0.25) is 5.75 Å². The molecule has 1 heterocycles. The van der Waals surface area contributed by atoms with Crippen LogP contribution in [0.4, 0.5) is 5.69 Å². The average Bonchev–Trinajstić information content (AvgIpc) is 3.16. The Balaban J connectivity index is 1.62. The van der Waals surface area contributed by atoms with Crippen molar-refractivity contribution in [2.75, 3.05) is 7.11 Å². The third-order valence-corrected chi connectivity index (χ3v) is 3.74. The number of carbonyl (C=O) groups is 1. The summed E-state index contributed by atoms with van der Waals surface area (Å²) in [5, 5.41) is 11.1. The van der Waals surface area contributed by atoms with E-state index in [1.165, 1.54) is 25.3 Å². The van der Waals surface area contributed by atoms with Crippen LogP contribution in [0.25, 0.3) is 11.3 Å². The van der Waals surface area contributed by atoms with Gasteiger partial charge >= 0.3 is 11.7 Å². The highest BCUT2D eigenvalue weighted by Gasteiger charge is 2.19. The molecule has 0 atom stereocenters. The summed E-state index contributed by atoms with van der Waals surface area (Å²) < 4.78 is 15.7. The number of aryl methyl sites for hydroxylation is 1. The van der Waals surface area contributed by atoms with Crippen molar-refractivity contribution in [2.45, 2.75) is 12.8 Å². The smallest absolute Gasteiger partial charge is 0.315 e. The lowest BCUT2D eigenvalue weighted by Crippen LogP contribution is -2.10. The quantitative estimate of drug-likeness (QED) is 0.270. The van der Waals surface area contributed by atoms with Gasteiger partial charge in [-0.05, 0) is 12.1 Å². The number of nitro benzene ring substituents is 1. The molecule has 0 saturated heterocycles. The van der Waals surface area contributed by atoms with Crippen LogP contribution in [0.1, 0.15) is 12.3 Å². The Morgan fingerprint density at radius 2 is 2.00 bits per heavy atom. The lowest BCUT2D eigenvalue weighted by molar-refractivity contribution is -0.385. The van der Waals surface area contributed by atoms with Crippen LogP contribution in [-0.2, 0) is 11.2 Å². The van der Waals surface area contributed by atoms with E-state index < -0.39 is 10.9 Å². The first-order valence-electron chi connectivity index (χ1n) is 8.10. The minimum Gasteiger partial charge on any atom is -0.496 e. The van der Waals surface area contributed by atoms with Crippen molar-refractivity contribution in [1.82, 2.24) is 4.98 Å². The topological polar surface area (TPSA) is 105 Å². The largest absolute Gasteiger partial charge is 0.496 e. The molecule has 0 aliphatic heterocycles. The number of hydrogen-bond acceptors (Lipinski definition) is 7. The Labute approximate surface area is 154 Å². The van der Waals surface area contributed by atoms with Crippen LogP contribution < -0.4 is 9.47 Å². The zero-order chi connectivity index (χ0) is 19.2. The second kappa shape index (κ2) is 8.13. The molecule has 3 aromatic rings. The monoisotopic (exact) mass is 368 g/mol. The fourth-order valence-electron chi connectivity index (χ4n) is 2.40. The molecule has 138 valence electrons. The van der Waals surface area contributed by atoms with Crippen LogP contribution in [0.2, 0.25) is 0 Å². The molecule has 27 heavy (non-hydrogen) atoms. The van der Waals surface area contributed by atoms with Crippen molar-refractivity contribution in [3.63, 3.8) is 0 Å². The van der Waals surface area contributed by atoms with E-state index in [0.29, 0.717) is 17.4 Å². The number of esters is 1. The Hall–Kier alpha value is -3.68. The molecule has 0 radical (unpaired) electrons. The summed E-state index contributed by atoms with van der Waals surface area (Å²) in [6.07, 6.45) is 1.78. The van der Waals surface area contributed by atoms with Crippen molar-refractivity contribution in [3.05, 3.63) is 70.7 Å². The molecule has 1 aromatic heterocycles. The Bertz CT molecular complexity index is 952. The fourth-order valence-corrected chi connectivity index (χ4v) is 2.40. The number of benzene rings is 2. The van der Waals surface area contributed by atoms with Crippen LogP contribution in [0.5, 0.6) is 11.5 Å². The maximum Gasteiger partial charge on any atom is 0.315 e. The average molecular weight is 368 g/mol. The molecule has 2 aromatic carbocycles. The number of hydrogen-bond donors (Lipinski definition) is 0. The molecule has 0 bridgehead atoms. The van der Waals surface area contributed by atoms with Gasteiger partial charge in [-0.1, -0.05) is 30.3 Å². The number of carbonyl (C=O) groups excluding carboxylic acids is 1. The minimum absolute atomic E-state index is 0.0298. The maximum absolute atomic E-state index is 12.0. The number of aromatic nitrogens is 1. The van der Waals surface area contributed by atoms with Crippen LogP contribution in [0.3, 0.4) is 0 Å². The fraction of sp³-hybridized carbons (Fsp3) is 0.158. The standard InChI is InChI=1S/C19H16N2O6/c1-25-14-7-8-16(15(11-14)21(23)24)27-19(22)10-9-18-20-12-17(26-18)13-5-3-2-4-6-13/h2-8,11-12H,9-10H2,1H3. The number of methoxy groups -OCH3 is 1. The zero-order valence-electron chi connectivity index (χ0n) is 14.5. The van der Waals surface area contributed by atoms with Crippen molar-refractivity contribution in [2.24, 2.45) is 0 Å². The van der Waals surface area contributed by atoms with E-state index in [4.69, 9.17) is 13.9 Å². The first-order chi connectivity index (χ1) is 13.1. The summed E-state index contributed by atoms with van der Waals surface area (Å²) in [4.78, 5) is 26.7. The summed E-state index contributed by atoms with van der Waals surface area (Å²) in [5.41, 5.74) is 0.540. The van der Waals surface area contributed by atoms with Crippen molar-refractivity contribution in [1.29, 1.82) is 0 Å². The summed E-state index contributed by atoms with van der Waals surface area (Å²) >= 11 is 0. The number of nitro groups is 1. The molecule has 0 N–H and O–H groups in total. The van der Waals surface area contributed by atoms with Crippen molar-refractivity contribution >= 4 is 11.7 Å². The highest BCUT2D eigenvalue weighted by Crippen LogP contribution is 2.31. The lowest BCUT2D eigenvalue weighted by Gasteiger charge is -2.06. The molecule has 0 saturated carbocycles. The van der Waals surface area contributed by atoms with Gasteiger partial charge in [-0.3, -0.25) is 14.9 Å². The van der Waals surface area contributed by atoms with Gasteiger partial charge in [0.25, 0.3) is 0 Å². The van der Waals surface area contributed by atoms with Crippen molar-refractivity contribution < 1.29 is 23.6 Å². The molecular formula is C19H16N2O6. The molecule has 8 nitrogen and oxygen atoms in total. The van der Waals surface area contributed by atoms with Gasteiger partial charge in [-0.2, -0.15) is 0 Å². The van der Waals surface area contributed by atoms with Crippen LogP contribution in [0.15, 0.2) is 59.1 Å². The molecule has 0 amide bonds. The highest BCUT2D eigenvalue weighted by atomic mass is 16.6. The zero-order valence-corrected chi connectivity index (χ0v) is 14.5. The van der Waals surface area contributed by atoms with Crippen molar-refractivity contribution in [3.8, 4) is 22.8 Å². The predicted molar refractivity (Wildman–Crippen MR) is 95.5 cm³/mol. The SMILES string of the molecule is COc1ccc(OC(=O)CCc2ncc(-c3ccccc3)o2)c([N+](=O)[O-])c1. The van der Waals surface area contributed by atoms with Crippen LogP contribution in [0, 0.1) is 10.1 Å². The van der Waals surface area contributed by atoms with Gasteiger partial charge in [-0.15, -0.1) is 0 Å². The van der Waals surface area contributed by atoms with E-state index in [1.54, 1.807) is 6.20 Å². The van der Waals surface area contributed by atoms with Gasteiger partial charge in [0.15, 0.2) is 11.7 Å². The molecule has 0 spiro atoms. The normalized spacial score (nSPS) is 10.4. The van der Waals surface area contributed by atoms with Gasteiger partial charge in [-0.25, -0.2) is 4.98 Å². The molecule has 3 rings (SSSR count). The molecular weight excluding hydrogens is 352 g/mol. The van der Waals surface area contributed by atoms with Gasteiger partial charge < -0.3 is 13.9 Å².